The summed E-state index contributed by atoms with van der Waals surface area (Å²) >= 11 is 1.32. The first-order valence-corrected chi connectivity index (χ1v) is 3.17. The van der Waals surface area contributed by atoms with Gasteiger partial charge in [0.25, 0.3) is 0 Å². The zero-order chi connectivity index (χ0) is 6.69. The largest absolute Gasteiger partial charge is 0.452 e. The number of ether oxygens (including phenoxy) is 1. The quantitative estimate of drug-likeness (QED) is 0.510. The van der Waals surface area contributed by atoms with Gasteiger partial charge in [0.15, 0.2) is 0 Å². The van der Waals surface area contributed by atoms with Crippen molar-refractivity contribution < 1.29 is 9.53 Å². The molecule has 1 amide bonds. The van der Waals surface area contributed by atoms with E-state index >= 15 is 0 Å². The van der Waals surface area contributed by atoms with Gasteiger partial charge in [-0.3, -0.25) is 0 Å². The van der Waals surface area contributed by atoms with Crippen LogP contribution in [0.1, 0.15) is 0 Å². The van der Waals surface area contributed by atoms with Crippen LogP contribution < -0.4 is 4.83 Å². The molecular weight excluding hydrogens is 140 g/mol. The number of hydrogen-bond donors (Lipinski definition) is 1. The van der Waals surface area contributed by atoms with Crippen LogP contribution in [0.5, 0.6) is 0 Å². The highest BCUT2D eigenvalue weighted by Crippen LogP contribution is 2.08. The molecule has 1 aliphatic rings. The molecule has 0 saturated heterocycles. The molecule has 0 unspecified atom stereocenters. The molecule has 0 aromatic heterocycles. The zero-order valence-electron chi connectivity index (χ0n) is 4.83. The Labute approximate surface area is 57.0 Å². The second-order valence-electron chi connectivity index (χ2n) is 1.33. The summed E-state index contributed by atoms with van der Waals surface area (Å²) in [4.78, 5) is 13.3. The minimum absolute atomic E-state index is 0.406. The highest BCUT2D eigenvalue weighted by molar-refractivity contribution is 8.00. The van der Waals surface area contributed by atoms with Crippen LogP contribution in [0.15, 0.2) is 11.6 Å². The highest BCUT2D eigenvalue weighted by Gasteiger charge is 2.12. The Morgan fingerprint density at radius 1 is 1.89 bits per heavy atom. The first-order chi connectivity index (χ1) is 4.34. The molecule has 50 valence electrons. The second kappa shape index (κ2) is 2.75. The van der Waals surface area contributed by atoms with Crippen molar-refractivity contribution in [3.8, 4) is 0 Å². The Morgan fingerprint density at radius 2 is 2.67 bits per heavy atom. The molecule has 0 radical (unpaired) electrons. The minimum Gasteiger partial charge on any atom is -0.452 e. The zero-order valence-corrected chi connectivity index (χ0v) is 5.64. The van der Waals surface area contributed by atoms with Crippen molar-refractivity contribution in [2.75, 3.05) is 7.11 Å². The number of nitrogens with zero attached hydrogens (tertiary/aromatic N) is 1. The maximum Gasteiger partial charge on any atom is 0.428 e. The van der Waals surface area contributed by atoms with Gasteiger partial charge in [-0.25, -0.2) is 9.80 Å². The van der Waals surface area contributed by atoms with Crippen LogP contribution in [-0.4, -0.2) is 18.2 Å². The molecule has 0 aliphatic carbocycles. The van der Waals surface area contributed by atoms with Crippen LogP contribution in [0, 0.1) is 0 Å². The molecule has 0 saturated carbocycles. The maximum absolute atomic E-state index is 10.6. The summed E-state index contributed by atoms with van der Waals surface area (Å²) < 4.78 is 4.39. The molecule has 9 heavy (non-hydrogen) atoms. The summed E-state index contributed by atoms with van der Waals surface area (Å²) in [5, 5.41) is 3.00. The lowest BCUT2D eigenvalue weighted by molar-refractivity contribution is 0.136. The number of carbonyl (C=O) groups is 1. The molecular formula is C4H6N2O2S. The van der Waals surface area contributed by atoms with E-state index in [0.717, 1.165) is 0 Å². The lowest BCUT2D eigenvalue weighted by Gasteiger charge is -2.09. The number of rotatable bonds is 0. The van der Waals surface area contributed by atoms with Gasteiger partial charge in [0.2, 0.25) is 0 Å². The topological polar surface area (TPSA) is 41.6 Å². The Balaban J connectivity index is 2.43. The predicted molar refractivity (Wildman–Crippen MR) is 34.1 cm³/mol. The van der Waals surface area contributed by atoms with Crippen molar-refractivity contribution in [1.29, 1.82) is 0 Å². The predicted octanol–water partition coefficient (Wildman–Crippen LogP) is 0.692. The molecule has 0 aromatic rings. The molecule has 1 rings (SSSR count). The summed E-state index contributed by atoms with van der Waals surface area (Å²) in [6, 6.07) is 0. The van der Waals surface area contributed by atoms with Crippen molar-refractivity contribution in [2.45, 2.75) is 0 Å². The van der Waals surface area contributed by atoms with E-state index < -0.39 is 6.09 Å². The molecule has 0 spiro atoms. The van der Waals surface area contributed by atoms with Gasteiger partial charge < -0.3 is 4.74 Å². The average Bonchev–Trinajstić information content (AvgIpc) is 2.37. The molecule has 1 heterocycles. The first-order valence-electron chi connectivity index (χ1n) is 2.30. The number of carbonyl (C=O) groups excluding carboxylic acids is 1. The van der Waals surface area contributed by atoms with E-state index in [9.17, 15) is 4.79 Å². The van der Waals surface area contributed by atoms with E-state index in [0.29, 0.717) is 0 Å². The first kappa shape index (κ1) is 6.44. The Hall–Kier alpha value is -0.680. The van der Waals surface area contributed by atoms with E-state index in [-0.39, 0.29) is 0 Å². The van der Waals surface area contributed by atoms with Crippen LogP contribution in [0.2, 0.25) is 0 Å². The molecule has 1 aliphatic heterocycles. The van der Waals surface area contributed by atoms with Gasteiger partial charge in [-0.2, -0.15) is 4.83 Å². The van der Waals surface area contributed by atoms with E-state index in [1.165, 1.54) is 24.1 Å². The van der Waals surface area contributed by atoms with Gasteiger partial charge in [-0.15, -0.1) is 0 Å². The molecule has 0 bridgehead atoms. The van der Waals surface area contributed by atoms with E-state index in [2.05, 4.69) is 9.57 Å². The third-order valence-electron chi connectivity index (χ3n) is 0.800. The van der Waals surface area contributed by atoms with Gasteiger partial charge in [0.1, 0.15) is 0 Å². The number of nitrogens with one attached hydrogen (secondary N) is 1. The number of hydrogen-bond acceptors (Lipinski definition) is 4. The summed E-state index contributed by atoms with van der Waals surface area (Å²) in [6.07, 6.45) is 1.19. The Kier molecular flexibility index (Phi) is 1.96. The van der Waals surface area contributed by atoms with Crippen molar-refractivity contribution in [3.63, 3.8) is 0 Å². The van der Waals surface area contributed by atoms with Gasteiger partial charge in [0.05, 0.1) is 7.11 Å². The number of amides is 1. The van der Waals surface area contributed by atoms with Gasteiger partial charge in [-0.05, 0) is 11.9 Å². The third-order valence-corrected chi connectivity index (χ3v) is 1.36. The van der Waals surface area contributed by atoms with Crippen LogP contribution in [0.3, 0.4) is 0 Å². The van der Waals surface area contributed by atoms with E-state index in [1.807, 2.05) is 0 Å². The van der Waals surface area contributed by atoms with E-state index in [1.54, 1.807) is 11.6 Å². The minimum atomic E-state index is -0.406. The van der Waals surface area contributed by atoms with E-state index in [4.69, 9.17) is 0 Å². The van der Waals surface area contributed by atoms with Crippen LogP contribution in [-0.2, 0) is 4.74 Å². The standard InChI is InChI=1S/C4H6N2O2S/c1-8-4(7)6-2-3-9-5-6/h2-3,5H,1H3. The van der Waals surface area contributed by atoms with Crippen LogP contribution in [0.25, 0.3) is 0 Å². The average molecular weight is 146 g/mol. The Bertz CT molecular complexity index is 148. The molecule has 0 fully saturated rings. The number of methoxy groups -OCH3 is 1. The fourth-order valence-corrected chi connectivity index (χ4v) is 0.898. The normalized spacial score (nSPS) is 16.3. The lowest BCUT2D eigenvalue weighted by atomic mass is 10.9. The summed E-state index contributed by atoms with van der Waals surface area (Å²) in [5.74, 6) is 0. The lowest BCUT2D eigenvalue weighted by Crippen LogP contribution is -2.30. The molecule has 0 atom stereocenters. The molecule has 5 heteroatoms. The maximum atomic E-state index is 10.6. The third kappa shape index (κ3) is 1.36. The summed E-state index contributed by atoms with van der Waals surface area (Å²) in [6.45, 7) is 0. The molecule has 0 aromatic carbocycles. The molecule has 1 N–H and O–H groups in total. The fraction of sp³-hybridized carbons (Fsp3) is 0.250. The summed E-state index contributed by atoms with van der Waals surface area (Å²) in [7, 11) is 1.33. The fourth-order valence-electron chi connectivity index (χ4n) is 0.405. The smallest absolute Gasteiger partial charge is 0.428 e. The number of hydrazine groups is 1. The highest BCUT2D eigenvalue weighted by atomic mass is 32.2. The van der Waals surface area contributed by atoms with Gasteiger partial charge in [-0.1, -0.05) is 0 Å². The monoisotopic (exact) mass is 146 g/mol. The van der Waals surface area contributed by atoms with Gasteiger partial charge >= 0.3 is 6.09 Å². The summed E-state index contributed by atoms with van der Waals surface area (Å²) in [5.41, 5.74) is 0. The van der Waals surface area contributed by atoms with Crippen molar-refractivity contribution in [2.24, 2.45) is 0 Å². The SMILES string of the molecule is COC(=O)N1C=CSN1. The second-order valence-corrected chi connectivity index (χ2v) is 2.02. The van der Waals surface area contributed by atoms with Crippen LogP contribution in [0.4, 0.5) is 4.79 Å². The van der Waals surface area contributed by atoms with Gasteiger partial charge in [0, 0.05) is 11.6 Å². The van der Waals surface area contributed by atoms with Crippen LogP contribution >= 0.6 is 11.9 Å². The van der Waals surface area contributed by atoms with Crippen molar-refractivity contribution >= 4 is 18.0 Å². The molecule has 4 nitrogen and oxygen atoms in total. The van der Waals surface area contributed by atoms with Crippen molar-refractivity contribution in [3.05, 3.63) is 11.6 Å². The van der Waals surface area contributed by atoms with Crippen molar-refractivity contribution in [1.82, 2.24) is 9.84 Å². The Morgan fingerprint density at radius 3 is 3.11 bits per heavy atom.